The van der Waals surface area contributed by atoms with Gasteiger partial charge in [-0.05, 0) is 70.0 Å². The van der Waals surface area contributed by atoms with Gasteiger partial charge >= 0.3 is 0 Å². The highest BCUT2D eigenvalue weighted by atomic mass is 32.2. The van der Waals surface area contributed by atoms with Gasteiger partial charge in [0.2, 0.25) is 10.0 Å². The van der Waals surface area contributed by atoms with Crippen molar-refractivity contribution in [2.45, 2.75) is 57.4 Å². The van der Waals surface area contributed by atoms with E-state index in [9.17, 15) is 8.42 Å². The molecule has 0 radical (unpaired) electrons. The number of sulfonamides is 1. The van der Waals surface area contributed by atoms with E-state index in [2.05, 4.69) is 4.90 Å². The first-order chi connectivity index (χ1) is 12.4. The number of aryl methyl sites for hydroxylation is 3. The Morgan fingerprint density at radius 2 is 1.65 bits per heavy atom. The Morgan fingerprint density at radius 1 is 1.00 bits per heavy atom. The third kappa shape index (κ3) is 4.46. The van der Waals surface area contributed by atoms with Gasteiger partial charge in [0.25, 0.3) is 0 Å². The van der Waals surface area contributed by atoms with E-state index in [1.807, 2.05) is 49.0 Å². The lowest BCUT2D eigenvalue weighted by molar-refractivity contribution is 0.183. The molecule has 26 heavy (non-hydrogen) atoms. The van der Waals surface area contributed by atoms with Gasteiger partial charge in [0, 0.05) is 24.9 Å². The zero-order chi connectivity index (χ0) is 18.7. The number of piperidine rings is 1. The number of likely N-dealkylation sites (tertiary alicyclic amines) is 1. The third-order valence-electron chi connectivity index (χ3n) is 5.47. The molecule has 0 bridgehead atoms. The van der Waals surface area contributed by atoms with Gasteiger partial charge in [-0.25, -0.2) is 8.42 Å². The Hall–Kier alpha value is -0.560. The zero-order valence-corrected chi connectivity index (χ0v) is 18.0. The minimum absolute atomic E-state index is 0.0747. The molecular weight excluding hydrogens is 364 g/mol. The predicted molar refractivity (Wildman–Crippen MR) is 111 cm³/mol. The smallest absolute Gasteiger partial charge is 0.243 e. The van der Waals surface area contributed by atoms with Gasteiger partial charge in [0.1, 0.15) is 0 Å². The second-order valence-electron chi connectivity index (χ2n) is 7.79. The topological polar surface area (TPSA) is 40.6 Å². The molecule has 1 unspecified atom stereocenters. The van der Waals surface area contributed by atoms with Crippen LogP contribution in [0.5, 0.6) is 0 Å². The SMILES string of the molecule is Cc1cc(C)c(S(=O)(=O)N2CCCSCC2CN2CCCCC2)c(C)c1. The number of thioether (sulfide) groups is 1. The van der Waals surface area contributed by atoms with Crippen LogP contribution in [0.25, 0.3) is 0 Å². The van der Waals surface area contributed by atoms with Crippen molar-refractivity contribution in [3.8, 4) is 0 Å². The highest BCUT2D eigenvalue weighted by molar-refractivity contribution is 7.99. The molecule has 2 saturated heterocycles. The summed E-state index contributed by atoms with van der Waals surface area (Å²) < 4.78 is 29.1. The maximum absolute atomic E-state index is 13.6. The Kier molecular flexibility index (Phi) is 6.70. The maximum Gasteiger partial charge on any atom is 0.243 e. The fourth-order valence-electron chi connectivity index (χ4n) is 4.40. The monoisotopic (exact) mass is 396 g/mol. The summed E-state index contributed by atoms with van der Waals surface area (Å²) >= 11 is 1.91. The Labute approximate surface area is 163 Å². The first-order valence-corrected chi connectivity index (χ1v) is 12.4. The fourth-order valence-corrected chi connectivity index (χ4v) is 7.62. The lowest BCUT2D eigenvalue weighted by Gasteiger charge is -2.35. The average molecular weight is 397 g/mol. The summed E-state index contributed by atoms with van der Waals surface area (Å²) in [4.78, 5) is 3.00. The lowest BCUT2D eigenvalue weighted by atomic mass is 10.1. The van der Waals surface area contributed by atoms with Crippen LogP contribution in [-0.4, -0.2) is 61.3 Å². The molecule has 146 valence electrons. The second kappa shape index (κ2) is 8.63. The van der Waals surface area contributed by atoms with E-state index in [1.165, 1.54) is 19.3 Å². The van der Waals surface area contributed by atoms with Crippen molar-refractivity contribution in [1.29, 1.82) is 0 Å². The summed E-state index contributed by atoms with van der Waals surface area (Å²) in [6.45, 7) is 9.61. The van der Waals surface area contributed by atoms with Crippen LogP contribution in [0.4, 0.5) is 0 Å². The van der Waals surface area contributed by atoms with Gasteiger partial charge in [-0.3, -0.25) is 0 Å². The maximum atomic E-state index is 13.6. The largest absolute Gasteiger partial charge is 0.302 e. The molecule has 3 rings (SSSR count). The van der Waals surface area contributed by atoms with Crippen molar-refractivity contribution in [3.05, 3.63) is 28.8 Å². The van der Waals surface area contributed by atoms with E-state index in [4.69, 9.17) is 0 Å². The summed E-state index contributed by atoms with van der Waals surface area (Å²) in [5.74, 6) is 1.95. The van der Waals surface area contributed by atoms with E-state index in [0.29, 0.717) is 11.4 Å². The minimum atomic E-state index is -3.47. The van der Waals surface area contributed by atoms with Gasteiger partial charge in [-0.15, -0.1) is 0 Å². The van der Waals surface area contributed by atoms with Gasteiger partial charge in [0.05, 0.1) is 4.90 Å². The number of nitrogens with zero attached hydrogens (tertiary/aromatic N) is 2. The van der Waals surface area contributed by atoms with Crippen molar-refractivity contribution in [1.82, 2.24) is 9.21 Å². The standard InChI is InChI=1S/C20H32N2O2S2/c1-16-12-17(2)20(18(3)13-16)26(23,24)22-10-7-11-25-15-19(22)14-21-8-5-4-6-9-21/h12-13,19H,4-11,14-15H2,1-3H3. The van der Waals surface area contributed by atoms with Crippen LogP contribution in [0, 0.1) is 20.8 Å². The molecule has 2 fully saturated rings. The molecule has 0 saturated carbocycles. The van der Waals surface area contributed by atoms with E-state index in [1.54, 1.807) is 0 Å². The Bertz CT molecular complexity index is 704. The van der Waals surface area contributed by atoms with Crippen molar-refractivity contribution in [3.63, 3.8) is 0 Å². The third-order valence-corrected chi connectivity index (χ3v) is 8.93. The Balaban J connectivity index is 1.91. The molecule has 2 aliphatic heterocycles. The predicted octanol–water partition coefficient (Wildman–Crippen LogP) is 3.59. The molecule has 0 aliphatic carbocycles. The second-order valence-corrected chi connectivity index (χ2v) is 10.8. The van der Waals surface area contributed by atoms with Gasteiger partial charge in [0.15, 0.2) is 0 Å². The molecule has 0 amide bonds. The first kappa shape index (κ1) is 20.2. The zero-order valence-electron chi connectivity index (χ0n) is 16.3. The normalized spacial score (nSPS) is 23.7. The van der Waals surface area contributed by atoms with Crippen LogP contribution in [0.1, 0.15) is 42.4 Å². The quantitative estimate of drug-likeness (QED) is 0.780. The van der Waals surface area contributed by atoms with Crippen LogP contribution in [0.2, 0.25) is 0 Å². The molecule has 1 aromatic rings. The van der Waals surface area contributed by atoms with E-state index in [-0.39, 0.29) is 6.04 Å². The minimum Gasteiger partial charge on any atom is -0.302 e. The Morgan fingerprint density at radius 3 is 2.31 bits per heavy atom. The van der Waals surface area contributed by atoms with Crippen LogP contribution in [-0.2, 0) is 10.0 Å². The number of rotatable bonds is 4. The summed E-state index contributed by atoms with van der Waals surface area (Å²) in [5, 5.41) is 0. The summed E-state index contributed by atoms with van der Waals surface area (Å²) in [5.41, 5.74) is 2.86. The van der Waals surface area contributed by atoms with Crippen molar-refractivity contribution in [2.75, 3.05) is 37.7 Å². The first-order valence-electron chi connectivity index (χ1n) is 9.79. The van der Waals surface area contributed by atoms with Gasteiger partial charge < -0.3 is 4.90 Å². The molecule has 2 aliphatic rings. The average Bonchev–Trinajstić information content (AvgIpc) is 2.80. The summed E-state index contributed by atoms with van der Waals surface area (Å²) in [6.07, 6.45) is 4.72. The van der Waals surface area contributed by atoms with Crippen molar-refractivity contribution < 1.29 is 8.42 Å². The van der Waals surface area contributed by atoms with Crippen LogP contribution >= 0.6 is 11.8 Å². The van der Waals surface area contributed by atoms with E-state index < -0.39 is 10.0 Å². The fraction of sp³-hybridized carbons (Fsp3) is 0.700. The number of hydrogen-bond donors (Lipinski definition) is 0. The highest BCUT2D eigenvalue weighted by Gasteiger charge is 2.35. The molecule has 6 heteroatoms. The number of hydrogen-bond acceptors (Lipinski definition) is 4. The number of benzene rings is 1. The molecule has 0 N–H and O–H groups in total. The van der Waals surface area contributed by atoms with Crippen molar-refractivity contribution >= 4 is 21.8 Å². The van der Waals surface area contributed by atoms with Crippen LogP contribution in [0.15, 0.2) is 17.0 Å². The lowest BCUT2D eigenvalue weighted by Crippen LogP contribution is -2.49. The molecule has 2 heterocycles. The van der Waals surface area contributed by atoms with Gasteiger partial charge in [-0.2, -0.15) is 16.1 Å². The van der Waals surface area contributed by atoms with Crippen LogP contribution < -0.4 is 0 Å². The molecule has 0 aromatic heterocycles. The van der Waals surface area contributed by atoms with E-state index >= 15 is 0 Å². The molecule has 0 spiro atoms. The van der Waals surface area contributed by atoms with E-state index in [0.717, 1.165) is 54.3 Å². The molecule has 4 nitrogen and oxygen atoms in total. The van der Waals surface area contributed by atoms with Crippen LogP contribution in [0.3, 0.4) is 0 Å². The molecule has 1 atom stereocenters. The summed E-state index contributed by atoms with van der Waals surface area (Å²) in [6, 6.07) is 4.06. The molecular formula is C20H32N2O2S2. The van der Waals surface area contributed by atoms with Crippen molar-refractivity contribution in [2.24, 2.45) is 0 Å². The molecule has 1 aromatic carbocycles. The summed E-state index contributed by atoms with van der Waals surface area (Å²) in [7, 11) is -3.47. The highest BCUT2D eigenvalue weighted by Crippen LogP contribution is 2.30. The van der Waals surface area contributed by atoms with Gasteiger partial charge in [-0.1, -0.05) is 24.1 Å².